The Bertz CT molecular complexity index is 674. The highest BCUT2D eigenvalue weighted by atomic mass is 19.4. The number of ether oxygens (including phenoxy) is 2. The lowest BCUT2D eigenvalue weighted by Crippen LogP contribution is -2.17. The Morgan fingerprint density at radius 3 is 1.83 bits per heavy atom. The van der Waals surface area contributed by atoms with Crippen LogP contribution in [0.5, 0.6) is 11.5 Å². The summed E-state index contributed by atoms with van der Waals surface area (Å²) in [4.78, 5) is 0. The van der Waals surface area contributed by atoms with Gasteiger partial charge in [0.15, 0.2) is 0 Å². The summed E-state index contributed by atoms with van der Waals surface area (Å²) < 4.78 is 84.1. The van der Waals surface area contributed by atoms with Crippen molar-refractivity contribution in [1.29, 1.82) is 0 Å². The minimum atomic E-state index is -4.86. The van der Waals surface area contributed by atoms with Crippen molar-refractivity contribution in [3.05, 3.63) is 48.0 Å². The molecule has 2 aromatic rings. The van der Waals surface area contributed by atoms with Crippen LogP contribution < -0.4 is 9.47 Å². The molecule has 2 rings (SSSR count). The van der Waals surface area contributed by atoms with Crippen LogP contribution in [0.1, 0.15) is 5.56 Å². The zero-order valence-corrected chi connectivity index (χ0v) is 11.6. The molecule has 0 spiro atoms. The van der Waals surface area contributed by atoms with Gasteiger partial charge in [0, 0.05) is 0 Å². The largest absolute Gasteiger partial charge is 0.573 e. The second-order valence-corrected chi connectivity index (χ2v) is 4.48. The van der Waals surface area contributed by atoms with E-state index in [9.17, 15) is 26.3 Å². The van der Waals surface area contributed by atoms with Crippen molar-refractivity contribution in [2.24, 2.45) is 0 Å². The molecule has 2 aromatic carbocycles. The Morgan fingerprint density at radius 1 is 0.783 bits per heavy atom. The second-order valence-electron chi connectivity index (χ2n) is 4.48. The number of rotatable bonds is 3. The Labute approximate surface area is 127 Å². The number of benzene rings is 2. The van der Waals surface area contributed by atoms with E-state index in [0.717, 1.165) is 30.3 Å². The van der Waals surface area contributed by atoms with Gasteiger partial charge in [0.1, 0.15) is 11.5 Å². The summed E-state index contributed by atoms with van der Waals surface area (Å²) in [5.74, 6) is -0.485. The zero-order valence-electron chi connectivity index (χ0n) is 11.6. The van der Waals surface area contributed by atoms with Gasteiger partial charge in [-0.25, -0.2) is 0 Å². The highest BCUT2D eigenvalue weighted by molar-refractivity contribution is 5.69. The summed E-state index contributed by atoms with van der Waals surface area (Å²) in [7, 11) is 1.23. The summed E-state index contributed by atoms with van der Waals surface area (Å²) in [5.41, 5.74) is -1.01. The van der Waals surface area contributed by atoms with Crippen LogP contribution >= 0.6 is 0 Å². The molecule has 0 aliphatic rings. The van der Waals surface area contributed by atoms with Gasteiger partial charge in [0.25, 0.3) is 0 Å². The van der Waals surface area contributed by atoms with Gasteiger partial charge in [-0.15, -0.1) is 13.2 Å². The Morgan fingerprint density at radius 2 is 1.35 bits per heavy atom. The summed E-state index contributed by atoms with van der Waals surface area (Å²) in [6.45, 7) is 0. The molecular formula is C15H10F6O2. The van der Waals surface area contributed by atoms with Crippen LogP contribution in [0.4, 0.5) is 26.3 Å². The van der Waals surface area contributed by atoms with Crippen LogP contribution in [0.2, 0.25) is 0 Å². The highest BCUT2D eigenvalue weighted by Gasteiger charge is 2.34. The maximum Gasteiger partial charge on any atom is 0.573 e. The van der Waals surface area contributed by atoms with E-state index in [4.69, 9.17) is 4.74 Å². The first kappa shape index (κ1) is 17.0. The van der Waals surface area contributed by atoms with E-state index < -0.39 is 23.9 Å². The summed E-state index contributed by atoms with van der Waals surface area (Å²) >= 11 is 0. The molecule has 8 heteroatoms. The smallest absolute Gasteiger partial charge is 0.497 e. The number of hydrogen-bond donors (Lipinski definition) is 0. The Kier molecular flexibility index (Phi) is 4.44. The van der Waals surface area contributed by atoms with Crippen molar-refractivity contribution < 1.29 is 35.8 Å². The second kappa shape index (κ2) is 6.02. The molecule has 0 heterocycles. The first-order valence-electron chi connectivity index (χ1n) is 6.21. The fourth-order valence-electron chi connectivity index (χ4n) is 1.97. The van der Waals surface area contributed by atoms with Crippen molar-refractivity contribution in [1.82, 2.24) is 0 Å². The third-order valence-corrected chi connectivity index (χ3v) is 2.93. The van der Waals surface area contributed by atoms with E-state index in [1.807, 2.05) is 0 Å². The molecule has 0 aliphatic heterocycles. The van der Waals surface area contributed by atoms with Gasteiger partial charge in [-0.1, -0.05) is 18.2 Å². The molecular weight excluding hydrogens is 326 g/mol. The van der Waals surface area contributed by atoms with Gasteiger partial charge < -0.3 is 9.47 Å². The maximum absolute atomic E-state index is 13.1. The van der Waals surface area contributed by atoms with Gasteiger partial charge in [0.05, 0.1) is 12.7 Å². The summed E-state index contributed by atoms with van der Waals surface area (Å²) in [5, 5.41) is 0. The molecule has 0 radical (unpaired) electrons. The number of methoxy groups -OCH3 is 1. The van der Waals surface area contributed by atoms with Crippen LogP contribution in [-0.4, -0.2) is 13.5 Å². The lowest BCUT2D eigenvalue weighted by molar-refractivity contribution is -0.274. The number of hydrogen-bond acceptors (Lipinski definition) is 2. The van der Waals surface area contributed by atoms with Crippen LogP contribution in [0, 0.1) is 0 Å². The molecule has 124 valence electrons. The molecule has 0 amide bonds. The number of halogens is 6. The molecule has 0 bridgehead atoms. The SMILES string of the molecule is COc1ccc(-c2ccc(OC(F)(F)F)cc2)c(C(F)(F)F)c1. The van der Waals surface area contributed by atoms with Gasteiger partial charge in [0.2, 0.25) is 0 Å². The van der Waals surface area contributed by atoms with Gasteiger partial charge in [-0.3, -0.25) is 0 Å². The minimum Gasteiger partial charge on any atom is -0.497 e. The van der Waals surface area contributed by atoms with E-state index in [1.165, 1.54) is 19.2 Å². The van der Waals surface area contributed by atoms with E-state index >= 15 is 0 Å². The van der Waals surface area contributed by atoms with Crippen molar-refractivity contribution in [3.8, 4) is 22.6 Å². The summed E-state index contributed by atoms with van der Waals surface area (Å²) in [6, 6.07) is 7.51. The Balaban J connectivity index is 2.42. The molecule has 0 fully saturated rings. The molecule has 0 saturated carbocycles. The molecule has 0 aliphatic carbocycles. The van der Waals surface area contributed by atoms with Gasteiger partial charge >= 0.3 is 12.5 Å². The van der Waals surface area contributed by atoms with Crippen LogP contribution in [0.25, 0.3) is 11.1 Å². The topological polar surface area (TPSA) is 18.5 Å². The third kappa shape index (κ3) is 4.30. The lowest BCUT2D eigenvalue weighted by atomic mass is 9.99. The summed E-state index contributed by atoms with van der Waals surface area (Å²) in [6.07, 6.45) is -9.50. The first-order chi connectivity index (χ1) is 10.6. The highest BCUT2D eigenvalue weighted by Crippen LogP contribution is 2.39. The van der Waals surface area contributed by atoms with E-state index in [-0.39, 0.29) is 16.9 Å². The average Bonchev–Trinajstić information content (AvgIpc) is 2.45. The van der Waals surface area contributed by atoms with Crippen molar-refractivity contribution in [3.63, 3.8) is 0 Å². The standard InChI is InChI=1S/C15H10F6O2/c1-22-11-6-7-12(13(8-11)14(16,17)18)9-2-4-10(5-3-9)23-15(19,20)21/h2-8H,1H3. The molecule has 0 N–H and O–H groups in total. The fraction of sp³-hybridized carbons (Fsp3) is 0.200. The molecule has 2 nitrogen and oxygen atoms in total. The predicted octanol–water partition coefficient (Wildman–Crippen LogP) is 5.28. The molecule has 0 saturated heterocycles. The van der Waals surface area contributed by atoms with Gasteiger partial charge in [-0.2, -0.15) is 13.2 Å². The molecule has 0 aromatic heterocycles. The zero-order chi connectivity index (χ0) is 17.3. The predicted molar refractivity (Wildman–Crippen MR) is 70.1 cm³/mol. The number of alkyl halides is 6. The third-order valence-electron chi connectivity index (χ3n) is 2.93. The maximum atomic E-state index is 13.1. The van der Waals surface area contributed by atoms with Crippen molar-refractivity contribution >= 4 is 0 Å². The monoisotopic (exact) mass is 336 g/mol. The van der Waals surface area contributed by atoms with E-state index in [2.05, 4.69) is 4.74 Å². The average molecular weight is 336 g/mol. The fourth-order valence-corrected chi connectivity index (χ4v) is 1.97. The quantitative estimate of drug-likeness (QED) is 0.710. The van der Waals surface area contributed by atoms with Crippen molar-refractivity contribution in [2.75, 3.05) is 7.11 Å². The van der Waals surface area contributed by atoms with Crippen LogP contribution in [0.3, 0.4) is 0 Å². The van der Waals surface area contributed by atoms with Crippen LogP contribution in [-0.2, 0) is 6.18 Å². The van der Waals surface area contributed by atoms with Crippen molar-refractivity contribution in [2.45, 2.75) is 12.5 Å². The minimum absolute atomic E-state index is 0.0260. The molecule has 0 atom stereocenters. The molecule has 23 heavy (non-hydrogen) atoms. The van der Waals surface area contributed by atoms with Gasteiger partial charge in [-0.05, 0) is 35.4 Å². The normalized spacial score (nSPS) is 12.1. The Hall–Kier alpha value is -2.38. The first-order valence-corrected chi connectivity index (χ1v) is 6.21. The van der Waals surface area contributed by atoms with Crippen LogP contribution in [0.15, 0.2) is 42.5 Å². The molecule has 0 unspecified atom stereocenters. The van der Waals surface area contributed by atoms with E-state index in [0.29, 0.717) is 0 Å². The lowest BCUT2D eigenvalue weighted by Gasteiger charge is -2.15. The van der Waals surface area contributed by atoms with E-state index in [1.54, 1.807) is 0 Å².